The lowest BCUT2D eigenvalue weighted by molar-refractivity contribution is -0.128. The molecule has 0 bridgehead atoms. The minimum absolute atomic E-state index is 0.000417. The Morgan fingerprint density at radius 2 is 2.00 bits per heavy atom. The molecule has 3 nitrogen and oxygen atoms in total. The van der Waals surface area contributed by atoms with Gasteiger partial charge < -0.3 is 4.74 Å². The maximum atomic E-state index is 11.5. The van der Waals surface area contributed by atoms with E-state index in [4.69, 9.17) is 4.74 Å². The van der Waals surface area contributed by atoms with Crippen molar-refractivity contribution in [2.75, 3.05) is 13.7 Å². The van der Waals surface area contributed by atoms with Crippen LogP contribution in [-0.2, 0) is 14.3 Å². The first-order chi connectivity index (χ1) is 6.47. The highest BCUT2D eigenvalue weighted by Crippen LogP contribution is 2.52. The first kappa shape index (κ1) is 11.4. The summed E-state index contributed by atoms with van der Waals surface area (Å²) < 4.78 is 4.78. The molecule has 1 unspecified atom stereocenters. The van der Waals surface area contributed by atoms with Crippen LogP contribution in [0.2, 0.25) is 0 Å². The summed E-state index contributed by atoms with van der Waals surface area (Å²) in [6.45, 7) is 4.55. The van der Waals surface area contributed by atoms with Crippen LogP contribution in [0.1, 0.15) is 33.1 Å². The first-order valence-corrected chi connectivity index (χ1v) is 5.00. The lowest BCUT2D eigenvalue weighted by atomic mass is 10.0. The van der Waals surface area contributed by atoms with Crippen molar-refractivity contribution in [3.05, 3.63) is 0 Å². The topological polar surface area (TPSA) is 43.4 Å². The van der Waals surface area contributed by atoms with Gasteiger partial charge in [-0.25, -0.2) is 0 Å². The summed E-state index contributed by atoms with van der Waals surface area (Å²) in [7, 11) is 1.55. The van der Waals surface area contributed by atoms with Gasteiger partial charge in [-0.3, -0.25) is 9.59 Å². The van der Waals surface area contributed by atoms with Crippen LogP contribution < -0.4 is 0 Å². The van der Waals surface area contributed by atoms with Gasteiger partial charge in [-0.15, -0.1) is 0 Å². The van der Waals surface area contributed by atoms with Crippen molar-refractivity contribution >= 4 is 11.6 Å². The molecule has 1 rings (SSSR count). The molecule has 1 saturated carbocycles. The van der Waals surface area contributed by atoms with Crippen molar-refractivity contribution in [1.29, 1.82) is 0 Å². The summed E-state index contributed by atoms with van der Waals surface area (Å²) in [6, 6.07) is 0. The van der Waals surface area contributed by atoms with Gasteiger partial charge in [0, 0.05) is 19.4 Å². The van der Waals surface area contributed by atoms with Gasteiger partial charge in [0.25, 0.3) is 0 Å². The van der Waals surface area contributed by atoms with E-state index in [1.54, 1.807) is 7.11 Å². The molecule has 14 heavy (non-hydrogen) atoms. The van der Waals surface area contributed by atoms with Crippen LogP contribution in [0.4, 0.5) is 0 Å². The second-order valence-electron chi connectivity index (χ2n) is 4.67. The molecule has 0 saturated heterocycles. The number of hydrogen-bond donors (Lipinski definition) is 0. The van der Waals surface area contributed by atoms with Crippen molar-refractivity contribution in [1.82, 2.24) is 0 Å². The fourth-order valence-electron chi connectivity index (χ4n) is 1.64. The number of carbonyl (C=O) groups excluding carboxylic acids is 2. The molecular weight excluding hydrogens is 180 g/mol. The predicted molar refractivity (Wildman–Crippen MR) is 53.0 cm³/mol. The molecule has 1 aliphatic rings. The number of carbonyl (C=O) groups is 2. The molecule has 0 aliphatic heterocycles. The molecule has 0 N–H and O–H groups in total. The average molecular weight is 198 g/mol. The van der Waals surface area contributed by atoms with E-state index >= 15 is 0 Å². The number of hydrogen-bond acceptors (Lipinski definition) is 3. The second-order valence-corrected chi connectivity index (χ2v) is 4.67. The van der Waals surface area contributed by atoms with E-state index in [-0.39, 0.29) is 29.3 Å². The molecule has 0 spiro atoms. The fraction of sp³-hybridized carbons (Fsp3) is 0.818. The lowest BCUT2D eigenvalue weighted by Gasteiger charge is -2.02. The summed E-state index contributed by atoms with van der Waals surface area (Å²) in [4.78, 5) is 22.8. The van der Waals surface area contributed by atoms with Gasteiger partial charge in [0.1, 0.15) is 11.6 Å². The Bertz CT molecular complexity index is 243. The zero-order chi connectivity index (χ0) is 10.8. The van der Waals surface area contributed by atoms with Crippen molar-refractivity contribution in [2.24, 2.45) is 11.3 Å². The van der Waals surface area contributed by atoms with Crippen LogP contribution in [0.15, 0.2) is 0 Å². The SMILES string of the molecule is COCCC(=O)CC(=O)C1CC1(C)C. The van der Waals surface area contributed by atoms with Gasteiger partial charge in [-0.1, -0.05) is 13.8 Å². The van der Waals surface area contributed by atoms with E-state index < -0.39 is 0 Å². The Hall–Kier alpha value is -0.700. The highest BCUT2D eigenvalue weighted by molar-refractivity contribution is 6.01. The molecule has 1 aliphatic carbocycles. The Kier molecular flexibility index (Phi) is 3.43. The lowest BCUT2D eigenvalue weighted by Crippen LogP contribution is -2.13. The van der Waals surface area contributed by atoms with E-state index in [1.807, 2.05) is 0 Å². The quantitative estimate of drug-likeness (QED) is 0.609. The Balaban J connectivity index is 2.25. The molecule has 1 atom stereocenters. The molecule has 80 valence electrons. The average Bonchev–Trinajstić information content (AvgIpc) is 2.72. The standard InChI is InChI=1S/C11H18O3/c1-11(2)7-9(11)10(13)6-8(12)4-5-14-3/h9H,4-7H2,1-3H3. The summed E-state index contributed by atoms with van der Waals surface area (Å²) in [5.41, 5.74) is 0.138. The third-order valence-corrected chi connectivity index (χ3v) is 2.86. The van der Waals surface area contributed by atoms with Gasteiger partial charge in [0.15, 0.2) is 0 Å². The third kappa shape index (κ3) is 2.91. The van der Waals surface area contributed by atoms with Crippen LogP contribution in [0.3, 0.4) is 0 Å². The number of Topliss-reactive ketones (excluding diaryl/α,β-unsaturated/α-hetero) is 2. The zero-order valence-electron chi connectivity index (χ0n) is 9.13. The minimum Gasteiger partial charge on any atom is -0.384 e. The van der Waals surface area contributed by atoms with Crippen LogP contribution in [0.25, 0.3) is 0 Å². The van der Waals surface area contributed by atoms with E-state index in [9.17, 15) is 9.59 Å². The molecule has 0 aromatic rings. The van der Waals surface area contributed by atoms with Crippen molar-refractivity contribution in [3.63, 3.8) is 0 Å². The van der Waals surface area contributed by atoms with Gasteiger partial charge in [-0.05, 0) is 11.8 Å². The highest BCUT2D eigenvalue weighted by Gasteiger charge is 2.50. The molecule has 3 heteroatoms. The van der Waals surface area contributed by atoms with Crippen molar-refractivity contribution in [3.8, 4) is 0 Å². The maximum Gasteiger partial charge on any atom is 0.143 e. The van der Waals surface area contributed by atoms with Gasteiger partial charge in [0.2, 0.25) is 0 Å². The number of methoxy groups -OCH3 is 1. The highest BCUT2D eigenvalue weighted by atomic mass is 16.5. The summed E-state index contributed by atoms with van der Waals surface area (Å²) in [6.07, 6.45) is 1.39. The number of rotatable bonds is 6. The molecule has 1 fully saturated rings. The smallest absolute Gasteiger partial charge is 0.143 e. The van der Waals surface area contributed by atoms with E-state index in [2.05, 4.69) is 13.8 Å². The first-order valence-electron chi connectivity index (χ1n) is 5.00. The van der Waals surface area contributed by atoms with Crippen LogP contribution >= 0.6 is 0 Å². The molecule has 0 heterocycles. The van der Waals surface area contributed by atoms with Crippen LogP contribution in [0, 0.1) is 11.3 Å². The van der Waals surface area contributed by atoms with Crippen molar-refractivity contribution in [2.45, 2.75) is 33.1 Å². The summed E-state index contributed by atoms with van der Waals surface area (Å²) in [5.74, 6) is 0.227. The normalized spacial score (nSPS) is 23.2. The Labute approximate surface area is 84.8 Å². The van der Waals surface area contributed by atoms with Gasteiger partial charge in [0.05, 0.1) is 13.0 Å². The molecule has 0 aromatic heterocycles. The molecule has 0 amide bonds. The summed E-state index contributed by atoms with van der Waals surface area (Å²) >= 11 is 0. The number of ether oxygens (including phenoxy) is 1. The minimum atomic E-state index is -0.000417. The van der Waals surface area contributed by atoms with E-state index in [0.717, 1.165) is 6.42 Å². The molecular formula is C11H18O3. The number of ketones is 2. The Morgan fingerprint density at radius 3 is 2.43 bits per heavy atom. The predicted octanol–water partition coefficient (Wildman–Crippen LogP) is 1.60. The van der Waals surface area contributed by atoms with Gasteiger partial charge >= 0.3 is 0 Å². The van der Waals surface area contributed by atoms with Crippen LogP contribution in [-0.4, -0.2) is 25.3 Å². The second kappa shape index (κ2) is 4.22. The van der Waals surface area contributed by atoms with Crippen LogP contribution in [0.5, 0.6) is 0 Å². The fourth-order valence-corrected chi connectivity index (χ4v) is 1.64. The monoisotopic (exact) mass is 198 g/mol. The largest absolute Gasteiger partial charge is 0.384 e. The molecule has 0 radical (unpaired) electrons. The van der Waals surface area contributed by atoms with E-state index in [0.29, 0.717) is 13.0 Å². The van der Waals surface area contributed by atoms with Gasteiger partial charge in [-0.2, -0.15) is 0 Å². The van der Waals surface area contributed by atoms with E-state index in [1.165, 1.54) is 0 Å². The zero-order valence-corrected chi connectivity index (χ0v) is 9.13. The third-order valence-electron chi connectivity index (χ3n) is 2.86. The summed E-state index contributed by atoms with van der Waals surface area (Å²) in [5, 5.41) is 0. The maximum absolute atomic E-state index is 11.5. The van der Waals surface area contributed by atoms with Crippen molar-refractivity contribution < 1.29 is 14.3 Å². The Morgan fingerprint density at radius 1 is 1.43 bits per heavy atom. The molecule has 0 aromatic carbocycles.